The van der Waals surface area contributed by atoms with Crippen LogP contribution >= 0.6 is 0 Å². The van der Waals surface area contributed by atoms with E-state index in [0.717, 1.165) is 31.4 Å². The van der Waals surface area contributed by atoms with E-state index in [9.17, 15) is 9.59 Å². The van der Waals surface area contributed by atoms with E-state index >= 15 is 0 Å². The van der Waals surface area contributed by atoms with E-state index < -0.39 is 5.91 Å². The molecular weight excluding hydrogens is 232 g/mol. The molecule has 0 unspecified atom stereocenters. The van der Waals surface area contributed by atoms with Crippen molar-refractivity contribution in [1.29, 1.82) is 0 Å². The largest absolute Gasteiger partial charge is 0.325 e. The molecule has 1 heterocycles. The summed E-state index contributed by atoms with van der Waals surface area (Å²) in [5.41, 5.74) is 3.01. The second-order valence-electron chi connectivity index (χ2n) is 5.12. The number of pyridine rings is 1. The van der Waals surface area contributed by atoms with Crippen molar-refractivity contribution in [3.63, 3.8) is 0 Å². The number of aromatic amines is 1. The van der Waals surface area contributed by atoms with Crippen LogP contribution in [0.4, 0.5) is 0 Å². The molecule has 2 aliphatic rings. The lowest BCUT2D eigenvalue weighted by Gasteiger charge is -2.05. The summed E-state index contributed by atoms with van der Waals surface area (Å²) in [6.07, 6.45) is 4.55. The molecule has 1 aromatic heterocycles. The lowest BCUT2D eigenvalue weighted by molar-refractivity contribution is 0.0269. The molecule has 0 radical (unpaired) electrons. The molecule has 1 aromatic rings. The highest BCUT2D eigenvalue weighted by atomic mass is 16.7. The van der Waals surface area contributed by atoms with Crippen molar-refractivity contribution >= 4 is 5.91 Å². The van der Waals surface area contributed by atoms with Crippen LogP contribution in [-0.4, -0.2) is 17.5 Å². The minimum Gasteiger partial charge on any atom is -0.325 e. The van der Waals surface area contributed by atoms with E-state index in [1.807, 2.05) is 6.07 Å². The number of nitrogens with one attached hydrogen (secondary N) is 2. The van der Waals surface area contributed by atoms with Gasteiger partial charge in [0, 0.05) is 5.69 Å². The molecule has 1 amide bonds. The number of rotatable bonds is 5. The lowest BCUT2D eigenvalue weighted by atomic mass is 10.2. The number of aromatic nitrogens is 1. The summed E-state index contributed by atoms with van der Waals surface area (Å²) in [5, 5.41) is 0. The van der Waals surface area contributed by atoms with Crippen molar-refractivity contribution < 1.29 is 9.63 Å². The Morgan fingerprint density at radius 3 is 2.72 bits per heavy atom. The normalized spacial score (nSPS) is 18.7. The number of carbonyl (C=O) groups is 1. The van der Waals surface area contributed by atoms with Crippen LogP contribution in [-0.2, 0) is 4.84 Å². The van der Waals surface area contributed by atoms with Gasteiger partial charge in [-0.25, -0.2) is 5.48 Å². The molecule has 0 bridgehead atoms. The summed E-state index contributed by atoms with van der Waals surface area (Å²) < 4.78 is 0. The van der Waals surface area contributed by atoms with E-state index in [2.05, 4.69) is 10.5 Å². The first-order valence-electron chi connectivity index (χ1n) is 6.39. The topological polar surface area (TPSA) is 71.2 Å². The summed E-state index contributed by atoms with van der Waals surface area (Å²) in [4.78, 5) is 31.3. The third-order valence-corrected chi connectivity index (χ3v) is 3.37. The zero-order chi connectivity index (χ0) is 12.5. The van der Waals surface area contributed by atoms with Crippen LogP contribution in [0, 0.1) is 5.92 Å². The Morgan fingerprint density at radius 2 is 2.11 bits per heavy atom. The third-order valence-electron chi connectivity index (χ3n) is 3.37. The van der Waals surface area contributed by atoms with Crippen molar-refractivity contribution in [3.05, 3.63) is 33.7 Å². The van der Waals surface area contributed by atoms with E-state index in [4.69, 9.17) is 4.84 Å². The first-order chi connectivity index (χ1) is 8.74. The molecule has 3 rings (SSSR count). The Morgan fingerprint density at radius 1 is 1.33 bits per heavy atom. The zero-order valence-electron chi connectivity index (χ0n) is 10.1. The number of amides is 1. The quantitative estimate of drug-likeness (QED) is 0.772. The van der Waals surface area contributed by atoms with Gasteiger partial charge in [-0.1, -0.05) is 0 Å². The van der Waals surface area contributed by atoms with Gasteiger partial charge in [0.15, 0.2) is 0 Å². The Bertz CT molecular complexity index is 515. The minimum atomic E-state index is -0.473. The van der Waals surface area contributed by atoms with Gasteiger partial charge >= 0.3 is 0 Å². The van der Waals surface area contributed by atoms with Gasteiger partial charge in [0.25, 0.3) is 11.5 Å². The van der Waals surface area contributed by atoms with Gasteiger partial charge in [0.2, 0.25) is 0 Å². The highest BCUT2D eigenvalue weighted by molar-refractivity contribution is 5.93. The lowest BCUT2D eigenvalue weighted by Crippen LogP contribution is -2.30. The summed E-state index contributed by atoms with van der Waals surface area (Å²) in [7, 11) is 0. The van der Waals surface area contributed by atoms with Gasteiger partial charge in [0.05, 0.1) is 6.61 Å². The molecule has 2 N–H and O–H groups in total. The third kappa shape index (κ3) is 2.61. The fourth-order valence-electron chi connectivity index (χ4n) is 1.86. The van der Waals surface area contributed by atoms with Crippen LogP contribution in [0.3, 0.4) is 0 Å². The van der Waals surface area contributed by atoms with Crippen molar-refractivity contribution in [2.75, 3.05) is 6.61 Å². The number of carbonyl (C=O) groups excluding carboxylic acids is 1. The maximum Gasteiger partial charge on any atom is 0.280 e. The van der Waals surface area contributed by atoms with Crippen molar-refractivity contribution in [2.24, 2.45) is 5.92 Å². The van der Waals surface area contributed by atoms with Gasteiger partial charge < -0.3 is 4.98 Å². The van der Waals surface area contributed by atoms with Gasteiger partial charge in [-0.05, 0) is 49.7 Å². The molecular formula is C13H16N2O3. The molecule has 2 fully saturated rings. The molecule has 2 saturated carbocycles. The van der Waals surface area contributed by atoms with Gasteiger partial charge in [0.1, 0.15) is 5.56 Å². The zero-order valence-corrected chi connectivity index (χ0v) is 10.1. The maximum absolute atomic E-state index is 11.8. The second-order valence-corrected chi connectivity index (χ2v) is 5.12. The molecule has 0 atom stereocenters. The van der Waals surface area contributed by atoms with Gasteiger partial charge in [-0.15, -0.1) is 0 Å². The maximum atomic E-state index is 11.8. The number of H-pyrrole nitrogens is 1. The van der Waals surface area contributed by atoms with Crippen LogP contribution in [0.25, 0.3) is 0 Å². The molecule has 0 aliphatic heterocycles. The standard InChI is InChI=1S/C13H16N2O3/c16-12-10(5-6-11(14-12)9-3-4-9)13(17)15-18-7-8-1-2-8/h5-6,8-9H,1-4,7H2,(H,14,16)(H,15,17). The first-order valence-corrected chi connectivity index (χ1v) is 6.39. The van der Waals surface area contributed by atoms with Crippen LogP contribution in [0.2, 0.25) is 0 Å². The highest BCUT2D eigenvalue weighted by Crippen LogP contribution is 2.38. The minimum absolute atomic E-state index is 0.107. The number of hydroxylamine groups is 1. The van der Waals surface area contributed by atoms with E-state index in [1.165, 1.54) is 0 Å². The number of hydrogen-bond acceptors (Lipinski definition) is 3. The SMILES string of the molecule is O=C(NOCC1CC1)c1ccc(C2CC2)[nH]c1=O. The van der Waals surface area contributed by atoms with E-state index in [-0.39, 0.29) is 11.1 Å². The monoisotopic (exact) mass is 248 g/mol. The van der Waals surface area contributed by atoms with Crippen LogP contribution in [0.15, 0.2) is 16.9 Å². The Labute approximate surface area is 104 Å². The van der Waals surface area contributed by atoms with Crippen LogP contribution in [0.1, 0.15) is 47.7 Å². The Hall–Kier alpha value is -1.62. The predicted molar refractivity (Wildman–Crippen MR) is 65.2 cm³/mol. The van der Waals surface area contributed by atoms with Crippen LogP contribution in [0.5, 0.6) is 0 Å². The predicted octanol–water partition coefficient (Wildman–Crippen LogP) is 1.32. The summed E-state index contributed by atoms with van der Waals surface area (Å²) in [5.74, 6) is 0.570. The highest BCUT2D eigenvalue weighted by Gasteiger charge is 2.25. The summed E-state index contributed by atoms with van der Waals surface area (Å²) in [6.45, 7) is 0.532. The summed E-state index contributed by atoms with van der Waals surface area (Å²) in [6, 6.07) is 3.39. The second kappa shape index (κ2) is 4.57. The molecule has 2 aliphatic carbocycles. The smallest absolute Gasteiger partial charge is 0.280 e. The van der Waals surface area contributed by atoms with Crippen molar-refractivity contribution in [2.45, 2.75) is 31.6 Å². The van der Waals surface area contributed by atoms with Crippen molar-refractivity contribution in [1.82, 2.24) is 10.5 Å². The Balaban J connectivity index is 1.62. The Kier molecular flexibility index (Phi) is 2.91. The molecule has 5 nitrogen and oxygen atoms in total. The van der Waals surface area contributed by atoms with Crippen LogP contribution < -0.4 is 11.0 Å². The molecule has 5 heteroatoms. The summed E-state index contributed by atoms with van der Waals surface area (Å²) >= 11 is 0. The van der Waals surface area contributed by atoms with E-state index in [1.54, 1.807) is 6.07 Å². The average Bonchev–Trinajstić information content (AvgIpc) is 3.22. The molecule has 0 aromatic carbocycles. The molecule has 0 spiro atoms. The molecule has 18 heavy (non-hydrogen) atoms. The fourth-order valence-corrected chi connectivity index (χ4v) is 1.86. The van der Waals surface area contributed by atoms with Gasteiger partial charge in [-0.3, -0.25) is 14.4 Å². The van der Waals surface area contributed by atoms with E-state index in [0.29, 0.717) is 18.4 Å². The fraction of sp³-hybridized carbons (Fsp3) is 0.538. The first kappa shape index (κ1) is 11.5. The molecule has 0 saturated heterocycles. The van der Waals surface area contributed by atoms with Crippen molar-refractivity contribution in [3.8, 4) is 0 Å². The van der Waals surface area contributed by atoms with Gasteiger partial charge in [-0.2, -0.15) is 0 Å². The average molecular weight is 248 g/mol. The molecule has 96 valence electrons. The number of hydrogen-bond donors (Lipinski definition) is 2.